The van der Waals surface area contributed by atoms with E-state index in [-0.39, 0.29) is 11.4 Å². The summed E-state index contributed by atoms with van der Waals surface area (Å²) < 4.78 is 18.3. The summed E-state index contributed by atoms with van der Waals surface area (Å²) in [6, 6.07) is 15.4. The van der Waals surface area contributed by atoms with Crippen LogP contribution in [-0.2, 0) is 4.74 Å². The number of ether oxygens (including phenoxy) is 1. The third-order valence-electron chi connectivity index (χ3n) is 3.58. The molecule has 27 heavy (non-hydrogen) atoms. The van der Waals surface area contributed by atoms with E-state index in [4.69, 9.17) is 0 Å². The van der Waals surface area contributed by atoms with E-state index < -0.39 is 17.7 Å². The predicted molar refractivity (Wildman–Crippen MR) is 97.4 cm³/mol. The fourth-order valence-electron chi connectivity index (χ4n) is 2.26. The van der Waals surface area contributed by atoms with Gasteiger partial charge < -0.3 is 15.4 Å². The molecule has 7 nitrogen and oxygen atoms in total. The Bertz CT molecular complexity index is 977. The van der Waals surface area contributed by atoms with Crippen LogP contribution in [0.5, 0.6) is 0 Å². The van der Waals surface area contributed by atoms with Gasteiger partial charge in [-0.1, -0.05) is 18.2 Å². The molecule has 3 rings (SSSR count). The Morgan fingerprint density at radius 2 is 1.81 bits per heavy atom. The quantitative estimate of drug-likeness (QED) is 0.672. The molecule has 0 spiro atoms. The second kappa shape index (κ2) is 8.05. The summed E-state index contributed by atoms with van der Waals surface area (Å²) in [5.41, 5.74) is 1.05. The molecule has 1 heterocycles. The number of hydrogen-bond acceptors (Lipinski definition) is 6. The Kier molecular flexibility index (Phi) is 5.36. The van der Waals surface area contributed by atoms with Crippen LogP contribution >= 0.6 is 0 Å². The molecule has 136 valence electrons. The standard InChI is InChI=1S/C19H15FN4O3/c1-27-19(26)12-5-4-6-13(11-12)21-18(25)16-9-10-17(24-23-16)22-15-8-3-2-7-14(15)20/h2-11H,1H3,(H,21,25)(H,22,24). The van der Waals surface area contributed by atoms with Crippen molar-refractivity contribution in [2.45, 2.75) is 0 Å². The molecule has 0 fully saturated rings. The van der Waals surface area contributed by atoms with Crippen molar-refractivity contribution in [1.29, 1.82) is 0 Å². The van der Waals surface area contributed by atoms with Gasteiger partial charge in [0.2, 0.25) is 0 Å². The van der Waals surface area contributed by atoms with Crippen molar-refractivity contribution in [2.24, 2.45) is 0 Å². The highest BCUT2D eigenvalue weighted by atomic mass is 19.1. The molecule has 0 radical (unpaired) electrons. The normalized spacial score (nSPS) is 10.1. The van der Waals surface area contributed by atoms with E-state index in [9.17, 15) is 14.0 Å². The topological polar surface area (TPSA) is 93.2 Å². The first-order valence-corrected chi connectivity index (χ1v) is 7.92. The lowest BCUT2D eigenvalue weighted by molar-refractivity contribution is 0.0600. The van der Waals surface area contributed by atoms with Gasteiger partial charge in [0.15, 0.2) is 11.5 Å². The first kappa shape index (κ1) is 18.0. The lowest BCUT2D eigenvalue weighted by Gasteiger charge is -2.08. The summed E-state index contributed by atoms with van der Waals surface area (Å²) in [5, 5.41) is 13.1. The second-order valence-electron chi connectivity index (χ2n) is 5.44. The molecule has 8 heteroatoms. The Balaban J connectivity index is 1.69. The molecule has 0 saturated heterocycles. The van der Waals surface area contributed by atoms with Gasteiger partial charge >= 0.3 is 5.97 Å². The molecular weight excluding hydrogens is 351 g/mol. The number of amides is 1. The number of carbonyl (C=O) groups excluding carboxylic acids is 2. The molecule has 0 saturated carbocycles. The fraction of sp³-hybridized carbons (Fsp3) is 0.0526. The van der Waals surface area contributed by atoms with Crippen LogP contribution < -0.4 is 10.6 Å². The number of benzene rings is 2. The predicted octanol–water partition coefficient (Wildman–Crippen LogP) is 3.40. The average Bonchev–Trinajstić information content (AvgIpc) is 2.70. The molecule has 2 N–H and O–H groups in total. The minimum atomic E-state index is -0.505. The molecular formula is C19H15FN4O3. The third-order valence-corrected chi connectivity index (χ3v) is 3.58. The van der Waals surface area contributed by atoms with Crippen LogP contribution in [0.15, 0.2) is 60.7 Å². The number of hydrogen-bond donors (Lipinski definition) is 2. The maximum Gasteiger partial charge on any atom is 0.337 e. The van der Waals surface area contributed by atoms with Gasteiger partial charge in [0.1, 0.15) is 5.82 Å². The summed E-state index contributed by atoms with van der Waals surface area (Å²) in [6.45, 7) is 0. The number of nitrogens with one attached hydrogen (secondary N) is 2. The zero-order valence-corrected chi connectivity index (χ0v) is 14.3. The summed E-state index contributed by atoms with van der Waals surface area (Å²) in [6.07, 6.45) is 0. The number of carbonyl (C=O) groups is 2. The molecule has 0 aliphatic heterocycles. The molecule has 1 amide bonds. The van der Waals surface area contributed by atoms with Crippen molar-refractivity contribution in [3.05, 3.63) is 77.7 Å². The van der Waals surface area contributed by atoms with Gasteiger partial charge in [0, 0.05) is 5.69 Å². The average molecular weight is 366 g/mol. The third kappa shape index (κ3) is 4.43. The van der Waals surface area contributed by atoms with Crippen LogP contribution in [0.1, 0.15) is 20.8 Å². The van der Waals surface area contributed by atoms with Gasteiger partial charge in [-0.25, -0.2) is 9.18 Å². The van der Waals surface area contributed by atoms with E-state index in [1.807, 2.05) is 0 Å². The van der Waals surface area contributed by atoms with Gasteiger partial charge in [0.05, 0.1) is 18.4 Å². The van der Waals surface area contributed by atoms with E-state index in [2.05, 4.69) is 25.6 Å². The molecule has 0 atom stereocenters. The van der Waals surface area contributed by atoms with Crippen molar-refractivity contribution < 1.29 is 18.7 Å². The number of methoxy groups -OCH3 is 1. The molecule has 0 unspecified atom stereocenters. The van der Waals surface area contributed by atoms with E-state index >= 15 is 0 Å². The molecule has 0 aliphatic rings. The number of halogens is 1. The first-order chi connectivity index (χ1) is 13.1. The molecule has 2 aromatic carbocycles. The number of aromatic nitrogens is 2. The van der Waals surface area contributed by atoms with Gasteiger partial charge in [-0.2, -0.15) is 0 Å². The van der Waals surface area contributed by atoms with Gasteiger partial charge in [-0.3, -0.25) is 4.79 Å². The van der Waals surface area contributed by atoms with Crippen LogP contribution in [0.3, 0.4) is 0 Å². The number of para-hydroxylation sites is 1. The lowest BCUT2D eigenvalue weighted by Crippen LogP contribution is -2.15. The van der Waals surface area contributed by atoms with Crippen LogP contribution in [0.2, 0.25) is 0 Å². The zero-order valence-electron chi connectivity index (χ0n) is 14.3. The van der Waals surface area contributed by atoms with Gasteiger partial charge in [-0.15, -0.1) is 10.2 Å². The molecule has 3 aromatic rings. The van der Waals surface area contributed by atoms with E-state index in [0.29, 0.717) is 17.1 Å². The smallest absolute Gasteiger partial charge is 0.337 e. The van der Waals surface area contributed by atoms with Crippen LogP contribution in [0, 0.1) is 5.82 Å². The number of rotatable bonds is 5. The summed E-state index contributed by atoms with van der Waals surface area (Å²) in [5.74, 6) is -1.13. The maximum atomic E-state index is 13.6. The summed E-state index contributed by atoms with van der Waals surface area (Å²) >= 11 is 0. The first-order valence-electron chi connectivity index (χ1n) is 7.92. The Morgan fingerprint density at radius 3 is 2.52 bits per heavy atom. The largest absolute Gasteiger partial charge is 0.465 e. The zero-order chi connectivity index (χ0) is 19.2. The van der Waals surface area contributed by atoms with Crippen molar-refractivity contribution in [3.8, 4) is 0 Å². The SMILES string of the molecule is COC(=O)c1cccc(NC(=O)c2ccc(Nc3ccccc3F)nn2)c1. The Labute approximate surface area is 154 Å². The van der Waals surface area contributed by atoms with Crippen molar-refractivity contribution in [1.82, 2.24) is 10.2 Å². The minimum Gasteiger partial charge on any atom is -0.465 e. The highest BCUT2D eigenvalue weighted by Crippen LogP contribution is 2.18. The Morgan fingerprint density at radius 1 is 1.00 bits per heavy atom. The lowest BCUT2D eigenvalue weighted by atomic mass is 10.2. The molecule has 1 aromatic heterocycles. The van der Waals surface area contributed by atoms with E-state index in [0.717, 1.165) is 0 Å². The number of nitrogens with zero attached hydrogens (tertiary/aromatic N) is 2. The number of esters is 1. The molecule has 0 aliphatic carbocycles. The maximum absolute atomic E-state index is 13.6. The van der Waals surface area contributed by atoms with Gasteiger partial charge in [0.25, 0.3) is 5.91 Å². The fourth-order valence-corrected chi connectivity index (χ4v) is 2.26. The highest BCUT2D eigenvalue weighted by molar-refractivity contribution is 6.03. The highest BCUT2D eigenvalue weighted by Gasteiger charge is 2.11. The van der Waals surface area contributed by atoms with Crippen LogP contribution in [0.4, 0.5) is 21.6 Å². The van der Waals surface area contributed by atoms with E-state index in [1.165, 1.54) is 31.4 Å². The van der Waals surface area contributed by atoms with Crippen LogP contribution in [0.25, 0.3) is 0 Å². The second-order valence-corrected chi connectivity index (χ2v) is 5.44. The Hall–Kier alpha value is -3.81. The minimum absolute atomic E-state index is 0.0672. The summed E-state index contributed by atoms with van der Waals surface area (Å²) in [7, 11) is 1.28. The summed E-state index contributed by atoms with van der Waals surface area (Å²) in [4.78, 5) is 23.8. The molecule has 0 bridgehead atoms. The van der Waals surface area contributed by atoms with Crippen molar-refractivity contribution in [3.63, 3.8) is 0 Å². The van der Waals surface area contributed by atoms with Crippen LogP contribution in [-0.4, -0.2) is 29.2 Å². The van der Waals surface area contributed by atoms with Crippen molar-refractivity contribution in [2.75, 3.05) is 17.7 Å². The monoisotopic (exact) mass is 366 g/mol. The van der Waals surface area contributed by atoms with Gasteiger partial charge in [-0.05, 0) is 42.5 Å². The van der Waals surface area contributed by atoms with Crippen molar-refractivity contribution >= 4 is 29.1 Å². The van der Waals surface area contributed by atoms with E-state index in [1.54, 1.807) is 36.4 Å². The number of anilines is 3.